The monoisotopic (exact) mass is 396 g/mol. The first-order chi connectivity index (χ1) is 12.1. The van der Waals surface area contributed by atoms with Gasteiger partial charge in [-0.25, -0.2) is 0 Å². The van der Waals surface area contributed by atoms with E-state index in [4.69, 9.17) is 9.47 Å². The molecule has 0 radical (unpaired) electrons. The van der Waals surface area contributed by atoms with Gasteiger partial charge in [0.25, 0.3) is 0 Å². The molecule has 0 spiro atoms. The molecule has 25 heavy (non-hydrogen) atoms. The molecule has 1 atom stereocenters. The van der Waals surface area contributed by atoms with Gasteiger partial charge in [0.15, 0.2) is 0 Å². The van der Waals surface area contributed by atoms with Gasteiger partial charge in [0.05, 0.1) is 5.60 Å². The highest BCUT2D eigenvalue weighted by atomic mass is 79.9. The highest BCUT2D eigenvalue weighted by Gasteiger charge is 2.30. The summed E-state index contributed by atoms with van der Waals surface area (Å²) >= 11 is 3.51. The first kappa shape index (κ1) is 16.6. The van der Waals surface area contributed by atoms with E-state index < -0.39 is 0 Å². The van der Waals surface area contributed by atoms with Crippen LogP contribution in [0.5, 0.6) is 5.75 Å². The van der Waals surface area contributed by atoms with Crippen molar-refractivity contribution in [3.05, 3.63) is 65.1 Å². The lowest BCUT2D eigenvalue weighted by molar-refractivity contribution is -0.0155. The van der Waals surface area contributed by atoms with E-state index in [0.29, 0.717) is 6.61 Å². The quantitative estimate of drug-likeness (QED) is 0.521. The molecule has 128 valence electrons. The molecule has 0 aliphatic carbocycles. The number of benzene rings is 3. The van der Waals surface area contributed by atoms with E-state index in [-0.39, 0.29) is 5.60 Å². The van der Waals surface area contributed by atoms with Crippen molar-refractivity contribution in [3.8, 4) is 16.9 Å². The van der Waals surface area contributed by atoms with Crippen molar-refractivity contribution in [3.63, 3.8) is 0 Å². The molecule has 1 heterocycles. The summed E-state index contributed by atoms with van der Waals surface area (Å²) in [6.07, 6.45) is 2.17. The summed E-state index contributed by atoms with van der Waals surface area (Å²) in [6.45, 7) is 3.57. The maximum atomic E-state index is 6.18. The van der Waals surface area contributed by atoms with Crippen LogP contribution in [0.15, 0.2) is 65.1 Å². The van der Waals surface area contributed by atoms with E-state index in [0.717, 1.165) is 35.1 Å². The Morgan fingerprint density at radius 1 is 1.00 bits per heavy atom. The first-order valence-corrected chi connectivity index (χ1v) is 9.48. The molecule has 3 aromatic rings. The Bertz CT molecular complexity index is 880. The van der Waals surface area contributed by atoms with Gasteiger partial charge in [0, 0.05) is 16.5 Å². The topological polar surface area (TPSA) is 18.5 Å². The van der Waals surface area contributed by atoms with Gasteiger partial charge >= 0.3 is 0 Å². The zero-order valence-corrected chi connectivity index (χ0v) is 15.9. The van der Waals surface area contributed by atoms with Gasteiger partial charge in [-0.2, -0.15) is 0 Å². The van der Waals surface area contributed by atoms with Crippen LogP contribution in [-0.4, -0.2) is 18.8 Å². The third-order valence-electron chi connectivity index (χ3n) is 4.87. The third kappa shape index (κ3) is 3.44. The van der Waals surface area contributed by atoms with Gasteiger partial charge in [-0.1, -0.05) is 58.4 Å². The fourth-order valence-electron chi connectivity index (χ4n) is 3.47. The summed E-state index contributed by atoms with van der Waals surface area (Å²) in [5, 5.41) is 2.35. The highest BCUT2D eigenvalue weighted by Crippen LogP contribution is 2.35. The van der Waals surface area contributed by atoms with Crippen LogP contribution in [-0.2, 0) is 4.74 Å². The fraction of sp³-hybridized carbons (Fsp3) is 0.273. The molecular weight excluding hydrogens is 376 g/mol. The lowest BCUT2D eigenvalue weighted by atomic mass is 9.98. The second-order valence-electron chi connectivity index (χ2n) is 6.85. The number of fused-ring (bicyclic) bond motifs is 1. The predicted molar refractivity (Wildman–Crippen MR) is 106 cm³/mol. The maximum absolute atomic E-state index is 6.18. The minimum Gasteiger partial charge on any atom is -0.490 e. The standard InChI is InChI=1S/C22H21BrO2/c1-22(13-4-14-25-22)15-24-21-8-3-6-19-18(5-2-7-20(19)21)16-9-11-17(23)12-10-16/h2-3,5-12H,4,13-15H2,1H3. The first-order valence-electron chi connectivity index (χ1n) is 8.69. The summed E-state index contributed by atoms with van der Waals surface area (Å²) in [7, 11) is 0. The molecule has 1 unspecified atom stereocenters. The molecule has 0 amide bonds. The van der Waals surface area contributed by atoms with Crippen LogP contribution in [0.3, 0.4) is 0 Å². The second-order valence-corrected chi connectivity index (χ2v) is 7.77. The average molecular weight is 397 g/mol. The number of rotatable bonds is 4. The molecule has 3 aromatic carbocycles. The van der Waals surface area contributed by atoms with Crippen LogP contribution >= 0.6 is 15.9 Å². The largest absolute Gasteiger partial charge is 0.490 e. The normalized spacial score (nSPS) is 20.1. The van der Waals surface area contributed by atoms with Gasteiger partial charge in [-0.3, -0.25) is 0 Å². The van der Waals surface area contributed by atoms with E-state index in [1.807, 2.05) is 6.07 Å². The van der Waals surface area contributed by atoms with E-state index in [1.165, 1.54) is 16.5 Å². The van der Waals surface area contributed by atoms with Crippen molar-refractivity contribution in [2.45, 2.75) is 25.4 Å². The Morgan fingerprint density at radius 2 is 1.76 bits per heavy atom. The van der Waals surface area contributed by atoms with Gasteiger partial charge in [0.2, 0.25) is 0 Å². The summed E-state index contributed by atoms with van der Waals surface area (Å²) in [5.74, 6) is 0.924. The molecule has 1 saturated heterocycles. The number of hydrogen-bond donors (Lipinski definition) is 0. The van der Waals surface area contributed by atoms with E-state index in [9.17, 15) is 0 Å². The van der Waals surface area contributed by atoms with Crippen molar-refractivity contribution in [2.24, 2.45) is 0 Å². The zero-order valence-electron chi connectivity index (χ0n) is 14.3. The molecule has 0 bridgehead atoms. The van der Waals surface area contributed by atoms with Crippen LogP contribution in [0.2, 0.25) is 0 Å². The van der Waals surface area contributed by atoms with E-state index in [2.05, 4.69) is 77.5 Å². The Labute approximate surface area is 156 Å². The summed E-state index contributed by atoms with van der Waals surface area (Å²) in [5.41, 5.74) is 2.27. The van der Waals surface area contributed by atoms with Gasteiger partial charge in [-0.15, -0.1) is 0 Å². The SMILES string of the molecule is CC1(COc2cccc3c(-c4ccc(Br)cc4)cccc23)CCCO1. The van der Waals surface area contributed by atoms with Crippen LogP contribution in [0.25, 0.3) is 21.9 Å². The molecule has 1 aliphatic rings. The highest BCUT2D eigenvalue weighted by molar-refractivity contribution is 9.10. The molecule has 2 nitrogen and oxygen atoms in total. The predicted octanol–water partition coefficient (Wildman–Crippen LogP) is 6.22. The molecular formula is C22H21BrO2. The van der Waals surface area contributed by atoms with Crippen LogP contribution in [0.1, 0.15) is 19.8 Å². The molecule has 0 N–H and O–H groups in total. The third-order valence-corrected chi connectivity index (χ3v) is 5.40. The number of halogens is 1. The summed E-state index contributed by atoms with van der Waals surface area (Å²) in [6, 6.07) is 21.1. The minimum atomic E-state index is -0.161. The zero-order chi connectivity index (χ0) is 17.3. The van der Waals surface area contributed by atoms with Gasteiger partial charge in [0.1, 0.15) is 12.4 Å². The summed E-state index contributed by atoms with van der Waals surface area (Å²) in [4.78, 5) is 0. The van der Waals surface area contributed by atoms with Crippen LogP contribution in [0.4, 0.5) is 0 Å². The van der Waals surface area contributed by atoms with E-state index >= 15 is 0 Å². The molecule has 0 aromatic heterocycles. The minimum absolute atomic E-state index is 0.161. The van der Waals surface area contributed by atoms with Crippen molar-refractivity contribution in [1.82, 2.24) is 0 Å². The molecule has 0 saturated carbocycles. The Kier molecular flexibility index (Phi) is 4.53. The second kappa shape index (κ2) is 6.81. The molecule has 3 heteroatoms. The Hall–Kier alpha value is -1.84. The molecule has 1 aliphatic heterocycles. The van der Waals surface area contributed by atoms with Crippen LogP contribution < -0.4 is 4.74 Å². The van der Waals surface area contributed by atoms with Crippen molar-refractivity contribution in [2.75, 3.05) is 13.2 Å². The van der Waals surface area contributed by atoms with Gasteiger partial charge < -0.3 is 9.47 Å². The average Bonchev–Trinajstić information content (AvgIpc) is 3.07. The maximum Gasteiger partial charge on any atom is 0.127 e. The number of ether oxygens (including phenoxy) is 2. The lowest BCUT2D eigenvalue weighted by Gasteiger charge is -2.23. The van der Waals surface area contributed by atoms with Crippen molar-refractivity contribution < 1.29 is 9.47 Å². The fourth-order valence-corrected chi connectivity index (χ4v) is 3.73. The molecule has 1 fully saturated rings. The van der Waals surface area contributed by atoms with Crippen LogP contribution in [0, 0.1) is 0 Å². The van der Waals surface area contributed by atoms with Crippen molar-refractivity contribution >= 4 is 26.7 Å². The molecule has 4 rings (SSSR count). The lowest BCUT2D eigenvalue weighted by Crippen LogP contribution is -2.31. The summed E-state index contributed by atoms with van der Waals surface area (Å²) < 4.78 is 13.1. The smallest absolute Gasteiger partial charge is 0.127 e. The number of hydrogen-bond acceptors (Lipinski definition) is 2. The Balaban J connectivity index is 1.70. The Morgan fingerprint density at radius 3 is 2.52 bits per heavy atom. The van der Waals surface area contributed by atoms with Gasteiger partial charge in [-0.05, 0) is 54.5 Å². The van der Waals surface area contributed by atoms with E-state index in [1.54, 1.807) is 0 Å². The van der Waals surface area contributed by atoms with Crippen molar-refractivity contribution in [1.29, 1.82) is 0 Å².